The molecule has 0 unspecified atom stereocenters. The van der Waals surface area contributed by atoms with E-state index in [1.54, 1.807) is 0 Å². The van der Waals surface area contributed by atoms with Crippen LogP contribution in [0.25, 0.3) is 11.1 Å². The van der Waals surface area contributed by atoms with E-state index in [1.807, 2.05) is 12.3 Å². The Morgan fingerprint density at radius 2 is 1.60 bits per heavy atom. The highest BCUT2D eigenvalue weighted by molar-refractivity contribution is 7.79. The zero-order valence-electron chi connectivity index (χ0n) is 16.4. The minimum atomic E-state index is -4.67. The highest BCUT2D eigenvalue weighted by Crippen LogP contribution is 2.31. The van der Waals surface area contributed by atoms with Crippen molar-refractivity contribution in [2.45, 2.75) is 19.5 Å². The number of hydrogen-bond donors (Lipinski definition) is 2. The molecule has 0 saturated heterocycles. The number of fused-ring (bicyclic) bond motifs is 1. The van der Waals surface area contributed by atoms with Gasteiger partial charge in [-0.1, -0.05) is 60.7 Å². The van der Waals surface area contributed by atoms with Crippen LogP contribution >= 0.6 is 0 Å². The van der Waals surface area contributed by atoms with Crippen LogP contribution < -0.4 is 4.74 Å². The van der Waals surface area contributed by atoms with E-state index < -0.39 is 10.4 Å². The van der Waals surface area contributed by atoms with Crippen LogP contribution in [0, 0.1) is 0 Å². The average Bonchev–Trinajstić information content (AvgIpc) is 2.70. The van der Waals surface area contributed by atoms with Crippen molar-refractivity contribution in [3.63, 3.8) is 0 Å². The molecule has 2 aromatic carbocycles. The van der Waals surface area contributed by atoms with Crippen molar-refractivity contribution in [2.75, 3.05) is 13.2 Å². The van der Waals surface area contributed by atoms with Crippen LogP contribution in [-0.2, 0) is 23.5 Å². The first kappa shape index (κ1) is 21.9. The molecule has 158 valence electrons. The summed E-state index contributed by atoms with van der Waals surface area (Å²) in [5, 5.41) is 0. The maximum atomic E-state index is 8.74. The number of aromatic nitrogens is 1. The van der Waals surface area contributed by atoms with Crippen LogP contribution in [0.15, 0.2) is 72.9 Å². The van der Waals surface area contributed by atoms with E-state index >= 15 is 0 Å². The SMILES string of the molecule is O=S(=O)(O)O.c1ccc(CN2CCCOc3nccc(-c4ccccc4)c3C2)cc1. The maximum Gasteiger partial charge on any atom is 0.394 e. The molecule has 1 aromatic heterocycles. The lowest BCUT2D eigenvalue weighted by molar-refractivity contribution is 0.196. The van der Waals surface area contributed by atoms with Crippen LogP contribution in [-0.4, -0.2) is 40.6 Å². The van der Waals surface area contributed by atoms with E-state index in [1.165, 1.54) is 22.3 Å². The topological polar surface area (TPSA) is 100.0 Å². The van der Waals surface area contributed by atoms with Crippen LogP contribution in [0.4, 0.5) is 0 Å². The molecule has 0 radical (unpaired) electrons. The number of ether oxygens (including phenoxy) is 1. The number of rotatable bonds is 3. The molecule has 0 amide bonds. The van der Waals surface area contributed by atoms with Crippen LogP contribution in [0.3, 0.4) is 0 Å². The van der Waals surface area contributed by atoms with Gasteiger partial charge in [0, 0.05) is 31.4 Å². The van der Waals surface area contributed by atoms with Gasteiger partial charge in [0.2, 0.25) is 5.88 Å². The molecule has 0 spiro atoms. The van der Waals surface area contributed by atoms with Crippen LogP contribution in [0.2, 0.25) is 0 Å². The smallest absolute Gasteiger partial charge is 0.394 e. The highest BCUT2D eigenvalue weighted by atomic mass is 32.3. The number of nitrogens with zero attached hydrogens (tertiary/aromatic N) is 2. The Labute approximate surface area is 176 Å². The lowest BCUT2D eigenvalue weighted by atomic mass is 10.0. The Bertz CT molecular complexity index is 1040. The summed E-state index contributed by atoms with van der Waals surface area (Å²) < 4.78 is 37.5. The van der Waals surface area contributed by atoms with E-state index in [0.717, 1.165) is 31.9 Å². The predicted molar refractivity (Wildman–Crippen MR) is 115 cm³/mol. The van der Waals surface area contributed by atoms with E-state index in [0.29, 0.717) is 6.61 Å². The zero-order valence-corrected chi connectivity index (χ0v) is 17.2. The summed E-state index contributed by atoms with van der Waals surface area (Å²) in [4.78, 5) is 6.99. The summed E-state index contributed by atoms with van der Waals surface area (Å²) >= 11 is 0. The van der Waals surface area contributed by atoms with Crippen molar-refractivity contribution in [2.24, 2.45) is 0 Å². The van der Waals surface area contributed by atoms with Gasteiger partial charge in [-0.25, -0.2) is 4.98 Å². The monoisotopic (exact) mass is 428 g/mol. The largest absolute Gasteiger partial charge is 0.477 e. The third-order valence-corrected chi connectivity index (χ3v) is 4.59. The molecule has 3 aromatic rings. The minimum absolute atomic E-state index is 0.712. The molecular weight excluding hydrogens is 404 g/mol. The fourth-order valence-corrected chi connectivity index (χ4v) is 3.37. The quantitative estimate of drug-likeness (QED) is 0.611. The third-order valence-electron chi connectivity index (χ3n) is 4.59. The van der Waals surface area contributed by atoms with Crippen LogP contribution in [0.5, 0.6) is 5.88 Å². The molecular formula is C22H24N2O5S. The summed E-state index contributed by atoms with van der Waals surface area (Å²) in [6, 6.07) is 23.3. The highest BCUT2D eigenvalue weighted by Gasteiger charge is 2.19. The summed E-state index contributed by atoms with van der Waals surface area (Å²) in [5.41, 5.74) is 4.95. The van der Waals surface area contributed by atoms with Crippen molar-refractivity contribution < 1.29 is 22.3 Å². The van der Waals surface area contributed by atoms with Crippen LogP contribution in [0.1, 0.15) is 17.5 Å². The van der Waals surface area contributed by atoms with Crippen molar-refractivity contribution in [3.05, 3.63) is 84.1 Å². The van der Waals surface area contributed by atoms with Gasteiger partial charge in [0.1, 0.15) is 0 Å². The van der Waals surface area contributed by atoms with Crippen molar-refractivity contribution in [1.82, 2.24) is 9.88 Å². The van der Waals surface area contributed by atoms with Gasteiger partial charge in [0.15, 0.2) is 0 Å². The first-order valence-corrected chi connectivity index (χ1v) is 10.9. The average molecular weight is 429 g/mol. The van der Waals surface area contributed by atoms with Gasteiger partial charge in [-0.05, 0) is 29.2 Å². The Balaban J connectivity index is 0.000000461. The Kier molecular flexibility index (Phi) is 7.53. The molecule has 0 saturated carbocycles. The van der Waals surface area contributed by atoms with Gasteiger partial charge in [0.05, 0.1) is 6.61 Å². The Hall–Kier alpha value is -2.78. The second-order valence-corrected chi connectivity index (χ2v) is 7.75. The maximum absolute atomic E-state index is 8.74. The number of hydrogen-bond acceptors (Lipinski definition) is 5. The first-order chi connectivity index (χ1) is 14.4. The summed E-state index contributed by atoms with van der Waals surface area (Å²) in [7, 11) is -4.67. The standard InChI is InChI=1S/C22H22N2O.H2O4S/c1-3-8-18(9-4-1)16-24-14-7-15-25-22-21(17-24)20(12-13-23-22)19-10-5-2-6-11-19;1-5(2,3)4/h1-6,8-13H,7,14-17H2;(H2,1,2,3,4). The molecule has 30 heavy (non-hydrogen) atoms. The molecule has 4 rings (SSSR count). The predicted octanol–water partition coefficient (Wildman–Crippen LogP) is 3.88. The van der Waals surface area contributed by atoms with Gasteiger partial charge in [-0.2, -0.15) is 8.42 Å². The van der Waals surface area contributed by atoms with Gasteiger partial charge < -0.3 is 4.74 Å². The molecule has 7 nitrogen and oxygen atoms in total. The normalized spacial score (nSPS) is 14.3. The molecule has 1 aliphatic rings. The Morgan fingerprint density at radius 1 is 0.967 bits per heavy atom. The van der Waals surface area contributed by atoms with Crippen molar-refractivity contribution >= 4 is 10.4 Å². The minimum Gasteiger partial charge on any atom is -0.477 e. The second kappa shape index (κ2) is 10.3. The molecule has 8 heteroatoms. The Morgan fingerprint density at radius 3 is 2.27 bits per heavy atom. The van der Waals surface area contributed by atoms with Gasteiger partial charge in [0.25, 0.3) is 0 Å². The number of pyridine rings is 1. The molecule has 0 bridgehead atoms. The summed E-state index contributed by atoms with van der Waals surface area (Å²) in [5.74, 6) is 0.777. The molecule has 1 aliphatic heterocycles. The van der Waals surface area contributed by atoms with E-state index in [9.17, 15) is 0 Å². The molecule has 0 atom stereocenters. The lowest BCUT2D eigenvalue weighted by Gasteiger charge is -2.27. The number of benzene rings is 2. The van der Waals surface area contributed by atoms with E-state index in [4.69, 9.17) is 22.3 Å². The molecule has 0 fully saturated rings. The molecule has 2 heterocycles. The van der Waals surface area contributed by atoms with E-state index in [-0.39, 0.29) is 0 Å². The summed E-state index contributed by atoms with van der Waals surface area (Å²) in [6.07, 6.45) is 2.87. The first-order valence-electron chi connectivity index (χ1n) is 9.52. The third kappa shape index (κ3) is 6.93. The van der Waals surface area contributed by atoms with E-state index in [2.05, 4.69) is 70.5 Å². The second-order valence-electron chi connectivity index (χ2n) is 6.85. The van der Waals surface area contributed by atoms with Crippen molar-refractivity contribution in [1.29, 1.82) is 0 Å². The molecule has 0 aliphatic carbocycles. The molecule has 2 N–H and O–H groups in total. The summed E-state index contributed by atoms with van der Waals surface area (Å²) in [6.45, 7) is 3.53. The van der Waals surface area contributed by atoms with Gasteiger partial charge in [-0.3, -0.25) is 14.0 Å². The zero-order chi connectivity index (χ0) is 21.4. The lowest BCUT2D eigenvalue weighted by Crippen LogP contribution is -2.28. The fraction of sp³-hybridized carbons (Fsp3) is 0.227. The van der Waals surface area contributed by atoms with Crippen molar-refractivity contribution in [3.8, 4) is 17.0 Å². The van der Waals surface area contributed by atoms with Gasteiger partial charge >= 0.3 is 10.4 Å². The fourth-order valence-electron chi connectivity index (χ4n) is 3.37. The van der Waals surface area contributed by atoms with Gasteiger partial charge in [-0.15, -0.1) is 0 Å².